The van der Waals surface area contributed by atoms with E-state index in [1.165, 1.54) is 0 Å². The molecule has 0 aliphatic carbocycles. The summed E-state index contributed by atoms with van der Waals surface area (Å²) < 4.78 is 16.8. The van der Waals surface area contributed by atoms with Crippen molar-refractivity contribution in [3.05, 3.63) is 78.0 Å². The van der Waals surface area contributed by atoms with E-state index in [2.05, 4.69) is 20.6 Å². The van der Waals surface area contributed by atoms with E-state index >= 15 is 0 Å². The normalized spacial score (nSPS) is 10.7. The summed E-state index contributed by atoms with van der Waals surface area (Å²) >= 11 is 0. The molecule has 2 aromatic carbocycles. The lowest BCUT2D eigenvalue weighted by Gasteiger charge is -2.14. The largest absolute Gasteiger partial charge is 0.496 e. The van der Waals surface area contributed by atoms with E-state index in [9.17, 15) is 0 Å². The maximum Gasteiger partial charge on any atom is 0.219 e. The van der Waals surface area contributed by atoms with Crippen LogP contribution in [0, 0.1) is 0 Å². The van der Waals surface area contributed by atoms with Crippen molar-refractivity contribution in [3.63, 3.8) is 0 Å². The number of aromatic nitrogens is 1. The molecule has 0 aliphatic rings. The number of ether oxygens (including phenoxy) is 3. The minimum absolute atomic E-state index is 0. The van der Waals surface area contributed by atoms with E-state index < -0.39 is 0 Å². The van der Waals surface area contributed by atoms with Gasteiger partial charge in [-0.1, -0.05) is 36.4 Å². The number of hydrogen-bond acceptors (Lipinski definition) is 5. The second-order valence-corrected chi connectivity index (χ2v) is 6.58. The molecule has 0 amide bonds. The number of rotatable bonds is 9. The van der Waals surface area contributed by atoms with E-state index in [4.69, 9.17) is 14.2 Å². The van der Waals surface area contributed by atoms with E-state index in [0.717, 1.165) is 16.9 Å². The molecular formula is C24H29IN4O3. The van der Waals surface area contributed by atoms with Crippen LogP contribution in [0.2, 0.25) is 0 Å². The smallest absolute Gasteiger partial charge is 0.219 e. The van der Waals surface area contributed by atoms with Crippen molar-refractivity contribution in [1.82, 2.24) is 15.6 Å². The summed E-state index contributed by atoms with van der Waals surface area (Å²) in [7, 11) is 3.41. The van der Waals surface area contributed by atoms with Crippen LogP contribution in [-0.2, 0) is 13.1 Å². The van der Waals surface area contributed by atoms with Gasteiger partial charge in [0, 0.05) is 38.0 Å². The van der Waals surface area contributed by atoms with E-state index in [-0.39, 0.29) is 24.0 Å². The number of methoxy groups -OCH3 is 1. The predicted octanol–water partition coefficient (Wildman–Crippen LogP) is 4.76. The van der Waals surface area contributed by atoms with Crippen LogP contribution in [0.15, 0.2) is 71.9 Å². The second kappa shape index (κ2) is 13.4. The number of nitrogens with zero attached hydrogens (tertiary/aromatic N) is 2. The Bertz CT molecular complexity index is 997. The molecule has 0 aliphatic heterocycles. The third kappa shape index (κ3) is 7.30. The molecular weight excluding hydrogens is 519 g/mol. The Labute approximate surface area is 206 Å². The number of benzene rings is 2. The average molecular weight is 548 g/mol. The van der Waals surface area contributed by atoms with Crippen molar-refractivity contribution in [2.45, 2.75) is 20.0 Å². The van der Waals surface area contributed by atoms with Crippen molar-refractivity contribution >= 4 is 29.9 Å². The molecule has 8 heteroatoms. The summed E-state index contributed by atoms with van der Waals surface area (Å²) in [5, 5.41) is 6.58. The second-order valence-electron chi connectivity index (χ2n) is 6.58. The van der Waals surface area contributed by atoms with Crippen LogP contribution in [0.25, 0.3) is 0 Å². The minimum Gasteiger partial charge on any atom is -0.496 e. The first-order valence-corrected chi connectivity index (χ1v) is 10.1. The van der Waals surface area contributed by atoms with Crippen LogP contribution in [0.4, 0.5) is 0 Å². The molecule has 3 rings (SSSR count). The Morgan fingerprint density at radius 2 is 1.59 bits per heavy atom. The Hall–Kier alpha value is -3.01. The maximum absolute atomic E-state index is 5.87. The van der Waals surface area contributed by atoms with Crippen molar-refractivity contribution in [2.75, 3.05) is 20.8 Å². The lowest BCUT2D eigenvalue weighted by atomic mass is 10.2. The molecule has 0 bridgehead atoms. The van der Waals surface area contributed by atoms with Crippen LogP contribution in [0.1, 0.15) is 18.1 Å². The van der Waals surface area contributed by atoms with Gasteiger partial charge in [-0.05, 0) is 30.7 Å². The lowest BCUT2D eigenvalue weighted by Crippen LogP contribution is -2.36. The van der Waals surface area contributed by atoms with Crippen molar-refractivity contribution in [2.24, 2.45) is 4.99 Å². The molecule has 0 spiro atoms. The van der Waals surface area contributed by atoms with Crippen LogP contribution in [0.3, 0.4) is 0 Å². The van der Waals surface area contributed by atoms with Gasteiger partial charge in [-0.15, -0.1) is 24.0 Å². The van der Waals surface area contributed by atoms with Crippen LogP contribution < -0.4 is 24.8 Å². The third-order valence-electron chi connectivity index (χ3n) is 4.48. The molecule has 32 heavy (non-hydrogen) atoms. The molecule has 0 radical (unpaired) electrons. The highest BCUT2D eigenvalue weighted by molar-refractivity contribution is 14.0. The molecule has 1 heterocycles. The number of pyridine rings is 1. The van der Waals surface area contributed by atoms with Gasteiger partial charge in [0.25, 0.3) is 0 Å². The Morgan fingerprint density at radius 3 is 2.25 bits per heavy atom. The van der Waals surface area contributed by atoms with Gasteiger partial charge < -0.3 is 24.8 Å². The SMILES string of the molecule is CCOc1ccccc1Oc1ccc(CNC(=NC)NCc2ccccc2OC)cn1.I. The number of halogens is 1. The third-order valence-corrected chi connectivity index (χ3v) is 4.48. The van der Waals surface area contributed by atoms with Crippen LogP contribution >= 0.6 is 24.0 Å². The molecule has 0 fully saturated rings. The number of nitrogens with one attached hydrogen (secondary N) is 2. The van der Waals surface area contributed by atoms with Crippen LogP contribution in [-0.4, -0.2) is 31.7 Å². The van der Waals surface area contributed by atoms with Gasteiger partial charge in [0.05, 0.1) is 13.7 Å². The summed E-state index contributed by atoms with van der Waals surface area (Å²) in [4.78, 5) is 8.67. The standard InChI is InChI=1S/C24H28N4O3.HI/c1-4-30-21-11-7-8-12-22(21)31-23-14-13-18(15-26-23)16-27-24(25-2)28-17-19-9-5-6-10-20(19)29-3;/h5-15H,4,16-17H2,1-3H3,(H2,25,27,28);1H. The zero-order chi connectivity index (χ0) is 21.9. The lowest BCUT2D eigenvalue weighted by molar-refractivity contribution is 0.319. The summed E-state index contributed by atoms with van der Waals surface area (Å²) in [6.07, 6.45) is 1.78. The molecule has 0 saturated heterocycles. The van der Waals surface area contributed by atoms with Gasteiger partial charge in [0.1, 0.15) is 5.75 Å². The molecule has 0 unspecified atom stereocenters. The summed E-state index contributed by atoms with van der Waals surface area (Å²) in [6.45, 7) is 3.70. The molecule has 0 atom stereocenters. The average Bonchev–Trinajstić information content (AvgIpc) is 2.82. The maximum atomic E-state index is 5.87. The van der Waals surface area contributed by atoms with Crippen molar-refractivity contribution in [3.8, 4) is 23.1 Å². The molecule has 170 valence electrons. The fraction of sp³-hybridized carbons (Fsp3) is 0.250. The van der Waals surface area contributed by atoms with Gasteiger partial charge in [0.2, 0.25) is 5.88 Å². The fourth-order valence-corrected chi connectivity index (χ4v) is 2.93. The molecule has 1 aromatic heterocycles. The fourth-order valence-electron chi connectivity index (χ4n) is 2.93. The van der Waals surface area contributed by atoms with Gasteiger partial charge in [-0.3, -0.25) is 4.99 Å². The monoisotopic (exact) mass is 548 g/mol. The predicted molar refractivity (Wildman–Crippen MR) is 137 cm³/mol. The number of aliphatic imine (C=N–C) groups is 1. The van der Waals surface area contributed by atoms with E-state index in [1.807, 2.05) is 67.6 Å². The molecule has 3 aromatic rings. The number of para-hydroxylation sites is 3. The first-order chi connectivity index (χ1) is 15.2. The Morgan fingerprint density at radius 1 is 0.906 bits per heavy atom. The Kier molecular flexibility index (Phi) is 10.6. The molecule has 0 saturated carbocycles. The minimum atomic E-state index is 0. The van der Waals surface area contributed by atoms with E-state index in [0.29, 0.717) is 43.0 Å². The first-order valence-electron chi connectivity index (χ1n) is 10.1. The zero-order valence-corrected chi connectivity index (χ0v) is 20.8. The highest BCUT2D eigenvalue weighted by Crippen LogP contribution is 2.30. The topological polar surface area (TPSA) is 77.0 Å². The highest BCUT2D eigenvalue weighted by atomic mass is 127. The van der Waals surface area contributed by atoms with Gasteiger partial charge in [0.15, 0.2) is 17.5 Å². The van der Waals surface area contributed by atoms with Gasteiger partial charge in [-0.2, -0.15) is 0 Å². The number of hydrogen-bond donors (Lipinski definition) is 2. The summed E-state index contributed by atoms with van der Waals surface area (Å²) in [5.41, 5.74) is 2.06. The zero-order valence-electron chi connectivity index (χ0n) is 18.5. The van der Waals surface area contributed by atoms with Crippen molar-refractivity contribution < 1.29 is 14.2 Å². The highest BCUT2D eigenvalue weighted by Gasteiger charge is 2.07. The molecule has 2 N–H and O–H groups in total. The Balaban J connectivity index is 0.00000363. The van der Waals surface area contributed by atoms with E-state index in [1.54, 1.807) is 20.4 Å². The van der Waals surface area contributed by atoms with Gasteiger partial charge in [-0.25, -0.2) is 4.98 Å². The quantitative estimate of drug-likeness (QED) is 0.228. The first kappa shape index (κ1) is 25.3. The molecule has 7 nitrogen and oxygen atoms in total. The van der Waals surface area contributed by atoms with Crippen molar-refractivity contribution in [1.29, 1.82) is 0 Å². The summed E-state index contributed by atoms with van der Waals surface area (Å²) in [5.74, 6) is 3.38. The van der Waals surface area contributed by atoms with Crippen LogP contribution in [0.5, 0.6) is 23.1 Å². The number of guanidine groups is 1. The van der Waals surface area contributed by atoms with Gasteiger partial charge >= 0.3 is 0 Å². The summed E-state index contributed by atoms with van der Waals surface area (Å²) in [6, 6.07) is 19.2.